The number of carbonyl (C=O) groups excluding carboxylic acids is 1. The molecule has 0 bridgehead atoms. The first-order chi connectivity index (χ1) is 11.0. The number of β-amino-alcohol motifs (C(OH)–C–C–N with tert-alkyl or cyclic N) is 1. The number of pyridine rings is 1. The van der Waals surface area contributed by atoms with Crippen molar-refractivity contribution in [1.82, 2.24) is 9.88 Å². The first-order valence-corrected chi connectivity index (χ1v) is 7.86. The minimum atomic E-state index is -0.463. The predicted octanol–water partition coefficient (Wildman–Crippen LogP) is 3.39. The summed E-state index contributed by atoms with van der Waals surface area (Å²) in [5, 5.41) is 10.3. The fourth-order valence-corrected chi connectivity index (χ4v) is 2.63. The number of benzene rings is 1. The van der Waals surface area contributed by atoms with E-state index >= 15 is 0 Å². The fourth-order valence-electron chi connectivity index (χ4n) is 2.34. The summed E-state index contributed by atoms with van der Waals surface area (Å²) in [6.45, 7) is 0.859. The highest BCUT2D eigenvalue weighted by Crippen LogP contribution is 2.29. The highest BCUT2D eigenvalue weighted by atomic mass is 35.5. The van der Waals surface area contributed by atoms with Crippen LogP contribution < -0.4 is 4.74 Å². The molecule has 5 nitrogen and oxygen atoms in total. The number of aliphatic hydroxyl groups is 1. The minimum absolute atomic E-state index is 0.221. The molecule has 1 aliphatic heterocycles. The van der Waals surface area contributed by atoms with E-state index in [0.717, 1.165) is 0 Å². The molecular formula is C16H14Cl2N2O3. The van der Waals surface area contributed by atoms with Gasteiger partial charge in [0.25, 0.3) is 5.91 Å². The van der Waals surface area contributed by atoms with Crippen LogP contribution in [0.4, 0.5) is 0 Å². The predicted molar refractivity (Wildman–Crippen MR) is 87.3 cm³/mol. The third kappa shape index (κ3) is 3.75. The zero-order valence-corrected chi connectivity index (χ0v) is 13.6. The molecule has 0 aliphatic carbocycles. The summed E-state index contributed by atoms with van der Waals surface area (Å²) in [4.78, 5) is 18.2. The second-order valence-electron chi connectivity index (χ2n) is 5.23. The maximum absolute atomic E-state index is 12.4. The highest BCUT2D eigenvalue weighted by Gasteiger charge is 2.26. The Morgan fingerprint density at radius 1 is 1.26 bits per heavy atom. The van der Waals surface area contributed by atoms with Gasteiger partial charge in [-0.3, -0.25) is 4.79 Å². The van der Waals surface area contributed by atoms with Crippen LogP contribution in [-0.2, 0) is 0 Å². The summed E-state index contributed by atoms with van der Waals surface area (Å²) in [5.41, 5.74) is 0.275. The van der Waals surface area contributed by atoms with Crippen LogP contribution in [0.25, 0.3) is 0 Å². The molecule has 1 aromatic carbocycles. The van der Waals surface area contributed by atoms with E-state index in [9.17, 15) is 9.90 Å². The van der Waals surface area contributed by atoms with E-state index in [4.69, 9.17) is 27.9 Å². The van der Waals surface area contributed by atoms with Crippen molar-refractivity contribution in [3.8, 4) is 11.6 Å². The minimum Gasteiger partial charge on any atom is -0.439 e. The van der Waals surface area contributed by atoms with E-state index in [1.54, 1.807) is 41.3 Å². The molecule has 1 aromatic heterocycles. The van der Waals surface area contributed by atoms with Gasteiger partial charge in [-0.05, 0) is 24.6 Å². The van der Waals surface area contributed by atoms with Gasteiger partial charge in [-0.15, -0.1) is 0 Å². The van der Waals surface area contributed by atoms with Crippen molar-refractivity contribution in [1.29, 1.82) is 0 Å². The summed E-state index contributed by atoms with van der Waals surface area (Å²) in [5.74, 6) is 0.545. The number of hydrogen-bond acceptors (Lipinski definition) is 4. The lowest BCUT2D eigenvalue weighted by atomic mass is 10.3. The summed E-state index contributed by atoms with van der Waals surface area (Å²) in [7, 11) is 0. The van der Waals surface area contributed by atoms with Gasteiger partial charge in [-0.1, -0.05) is 29.3 Å². The Bertz CT molecular complexity index is 739. The Morgan fingerprint density at radius 2 is 2.09 bits per heavy atom. The molecule has 0 unspecified atom stereocenters. The normalized spacial score (nSPS) is 17.3. The number of nitrogens with zero attached hydrogens (tertiary/aromatic N) is 2. The zero-order chi connectivity index (χ0) is 16.4. The van der Waals surface area contributed by atoms with E-state index in [0.29, 0.717) is 35.3 Å². The summed E-state index contributed by atoms with van der Waals surface area (Å²) in [6.07, 6.45) is 0.125. The third-order valence-electron chi connectivity index (χ3n) is 3.51. The topological polar surface area (TPSA) is 62.7 Å². The molecule has 1 amide bonds. The standard InChI is InChI=1S/C16H14Cl2N2O3/c17-12-5-4-11(8-13(12)18)23-15-3-1-2-14(19-15)16(22)20-7-6-10(21)9-20/h1-5,8,10,21H,6-7,9H2/t10-/m0/s1. The average molecular weight is 353 g/mol. The first-order valence-electron chi connectivity index (χ1n) is 7.10. The number of amides is 1. The van der Waals surface area contributed by atoms with Gasteiger partial charge < -0.3 is 14.7 Å². The van der Waals surface area contributed by atoms with Crippen LogP contribution in [0.1, 0.15) is 16.9 Å². The van der Waals surface area contributed by atoms with Gasteiger partial charge in [0.05, 0.1) is 16.1 Å². The average Bonchev–Trinajstić information content (AvgIpc) is 2.97. The number of rotatable bonds is 3. The van der Waals surface area contributed by atoms with Crippen LogP contribution in [0.5, 0.6) is 11.6 Å². The Kier molecular flexibility index (Phi) is 4.71. The van der Waals surface area contributed by atoms with E-state index in [2.05, 4.69) is 4.98 Å². The molecule has 1 atom stereocenters. The van der Waals surface area contributed by atoms with Crippen molar-refractivity contribution in [3.05, 3.63) is 52.1 Å². The molecule has 2 aromatic rings. The van der Waals surface area contributed by atoms with E-state index in [-0.39, 0.29) is 17.5 Å². The number of aliphatic hydroxyl groups excluding tert-OH is 1. The maximum atomic E-state index is 12.4. The van der Waals surface area contributed by atoms with E-state index in [1.807, 2.05) is 0 Å². The van der Waals surface area contributed by atoms with Crippen LogP contribution >= 0.6 is 23.2 Å². The van der Waals surface area contributed by atoms with Crippen LogP contribution in [-0.4, -0.2) is 40.1 Å². The lowest BCUT2D eigenvalue weighted by Gasteiger charge is -2.15. The summed E-state index contributed by atoms with van der Waals surface area (Å²) >= 11 is 11.8. The van der Waals surface area contributed by atoms with E-state index < -0.39 is 6.10 Å². The Morgan fingerprint density at radius 3 is 2.78 bits per heavy atom. The molecule has 1 aliphatic rings. The molecule has 120 valence electrons. The second kappa shape index (κ2) is 6.74. The molecule has 23 heavy (non-hydrogen) atoms. The van der Waals surface area contributed by atoms with Crippen LogP contribution in [0.3, 0.4) is 0 Å². The van der Waals surface area contributed by atoms with Crippen LogP contribution in [0.2, 0.25) is 10.0 Å². The smallest absolute Gasteiger partial charge is 0.272 e. The third-order valence-corrected chi connectivity index (χ3v) is 4.25. The number of aromatic nitrogens is 1. The molecule has 1 N–H and O–H groups in total. The van der Waals surface area contributed by atoms with Gasteiger partial charge in [0.1, 0.15) is 11.4 Å². The molecule has 0 spiro atoms. The van der Waals surface area contributed by atoms with Gasteiger partial charge in [-0.25, -0.2) is 4.98 Å². The lowest BCUT2D eigenvalue weighted by Crippen LogP contribution is -2.30. The number of halogens is 2. The van der Waals surface area contributed by atoms with Crippen molar-refractivity contribution in [2.45, 2.75) is 12.5 Å². The van der Waals surface area contributed by atoms with Crippen molar-refractivity contribution >= 4 is 29.1 Å². The van der Waals surface area contributed by atoms with Gasteiger partial charge in [0.2, 0.25) is 5.88 Å². The Labute approximate surface area is 143 Å². The number of likely N-dealkylation sites (tertiary alicyclic amines) is 1. The van der Waals surface area contributed by atoms with Crippen molar-refractivity contribution < 1.29 is 14.6 Å². The SMILES string of the molecule is O=C(c1cccc(Oc2ccc(Cl)c(Cl)c2)n1)N1CC[C@H](O)C1. The number of ether oxygens (including phenoxy) is 1. The molecule has 1 fully saturated rings. The molecule has 2 heterocycles. The Balaban J connectivity index is 1.76. The summed E-state index contributed by atoms with van der Waals surface area (Å²) in [6, 6.07) is 9.84. The largest absolute Gasteiger partial charge is 0.439 e. The van der Waals surface area contributed by atoms with Crippen LogP contribution in [0, 0.1) is 0 Å². The quantitative estimate of drug-likeness (QED) is 0.919. The fraction of sp³-hybridized carbons (Fsp3) is 0.250. The molecule has 0 radical (unpaired) electrons. The van der Waals surface area contributed by atoms with Gasteiger partial charge in [0.15, 0.2) is 0 Å². The number of carbonyl (C=O) groups is 1. The van der Waals surface area contributed by atoms with Gasteiger partial charge in [-0.2, -0.15) is 0 Å². The molecule has 7 heteroatoms. The highest BCUT2D eigenvalue weighted by molar-refractivity contribution is 6.42. The second-order valence-corrected chi connectivity index (χ2v) is 6.05. The molecule has 0 saturated carbocycles. The first kappa shape index (κ1) is 16.1. The lowest BCUT2D eigenvalue weighted by molar-refractivity contribution is 0.0758. The van der Waals surface area contributed by atoms with Crippen molar-refractivity contribution in [2.24, 2.45) is 0 Å². The van der Waals surface area contributed by atoms with E-state index in [1.165, 1.54) is 0 Å². The van der Waals surface area contributed by atoms with Crippen molar-refractivity contribution in [2.75, 3.05) is 13.1 Å². The zero-order valence-electron chi connectivity index (χ0n) is 12.1. The van der Waals surface area contributed by atoms with Crippen LogP contribution in [0.15, 0.2) is 36.4 Å². The molecule has 3 rings (SSSR count). The summed E-state index contributed by atoms with van der Waals surface area (Å²) < 4.78 is 5.61. The maximum Gasteiger partial charge on any atom is 0.272 e. The molecular weight excluding hydrogens is 339 g/mol. The number of hydrogen-bond donors (Lipinski definition) is 1. The Hall–Kier alpha value is -1.82. The van der Waals surface area contributed by atoms with Gasteiger partial charge >= 0.3 is 0 Å². The van der Waals surface area contributed by atoms with Crippen molar-refractivity contribution in [3.63, 3.8) is 0 Å². The monoisotopic (exact) mass is 352 g/mol. The molecule has 1 saturated heterocycles. The van der Waals surface area contributed by atoms with Gasteiger partial charge in [0, 0.05) is 25.2 Å².